The monoisotopic (exact) mass is 270 g/mol. The average molecular weight is 270 g/mol. The number of nitrogens with one attached hydrogen (secondary N) is 1. The molecule has 0 aromatic heterocycles. The van der Waals surface area contributed by atoms with E-state index in [0.29, 0.717) is 18.2 Å². The van der Waals surface area contributed by atoms with Gasteiger partial charge in [-0.1, -0.05) is 27.2 Å². The molecule has 1 aliphatic heterocycles. The predicted molar refractivity (Wildman–Crippen MR) is 82.7 cm³/mol. The van der Waals surface area contributed by atoms with Crippen molar-refractivity contribution in [1.82, 2.24) is 10.2 Å². The van der Waals surface area contributed by atoms with E-state index in [0.717, 1.165) is 13.1 Å². The van der Waals surface area contributed by atoms with Crippen LogP contribution in [-0.2, 0) is 4.74 Å². The number of ether oxygens (including phenoxy) is 1. The van der Waals surface area contributed by atoms with Crippen molar-refractivity contribution in [1.29, 1.82) is 0 Å². The number of nitrogens with zero attached hydrogens (tertiary/aromatic N) is 1. The molecule has 1 N–H and O–H groups in total. The molecule has 0 bridgehead atoms. The van der Waals surface area contributed by atoms with Gasteiger partial charge in [-0.2, -0.15) is 0 Å². The molecule has 3 atom stereocenters. The minimum Gasteiger partial charge on any atom is -0.380 e. The Morgan fingerprint density at radius 3 is 2.63 bits per heavy atom. The van der Waals surface area contributed by atoms with Gasteiger partial charge in [-0.05, 0) is 45.2 Å². The molecule has 19 heavy (non-hydrogen) atoms. The maximum absolute atomic E-state index is 5.57. The lowest BCUT2D eigenvalue weighted by atomic mass is 9.96. The second-order valence-corrected chi connectivity index (χ2v) is 5.82. The summed E-state index contributed by atoms with van der Waals surface area (Å²) in [6.07, 6.45) is 7.95. The summed E-state index contributed by atoms with van der Waals surface area (Å²) in [5, 5.41) is 3.77. The van der Waals surface area contributed by atoms with Gasteiger partial charge in [-0.15, -0.1) is 0 Å². The van der Waals surface area contributed by atoms with E-state index in [2.05, 4.69) is 31.0 Å². The highest BCUT2D eigenvalue weighted by Gasteiger charge is 2.29. The molecule has 0 radical (unpaired) electrons. The fraction of sp³-hybridized carbons (Fsp3) is 1.00. The summed E-state index contributed by atoms with van der Waals surface area (Å²) in [5.74, 6) is 0. The molecule has 3 nitrogen and oxygen atoms in total. The molecule has 3 unspecified atom stereocenters. The van der Waals surface area contributed by atoms with Crippen LogP contribution in [0.15, 0.2) is 0 Å². The summed E-state index contributed by atoms with van der Waals surface area (Å²) >= 11 is 0. The van der Waals surface area contributed by atoms with Gasteiger partial charge in [0.2, 0.25) is 0 Å². The summed E-state index contributed by atoms with van der Waals surface area (Å²) in [6.45, 7) is 10.4. The van der Waals surface area contributed by atoms with Gasteiger partial charge in [-0.3, -0.25) is 4.90 Å². The normalized spacial score (nSPS) is 24.3. The van der Waals surface area contributed by atoms with Crippen molar-refractivity contribution in [3.8, 4) is 0 Å². The zero-order chi connectivity index (χ0) is 14.1. The first-order chi connectivity index (χ1) is 9.26. The van der Waals surface area contributed by atoms with Crippen molar-refractivity contribution in [2.24, 2.45) is 0 Å². The molecular weight excluding hydrogens is 236 g/mol. The van der Waals surface area contributed by atoms with Crippen molar-refractivity contribution >= 4 is 0 Å². The van der Waals surface area contributed by atoms with E-state index in [1.807, 2.05) is 7.11 Å². The molecule has 1 rings (SSSR count). The van der Waals surface area contributed by atoms with Crippen LogP contribution in [0.1, 0.15) is 59.3 Å². The van der Waals surface area contributed by atoms with E-state index in [1.54, 1.807) is 0 Å². The van der Waals surface area contributed by atoms with E-state index in [9.17, 15) is 0 Å². The standard InChI is InChI=1S/C16H34N2O/c1-5-9-15(17-11-6-2)16(7-3)18-12-8-10-14(13-18)19-4/h14-17H,5-13H2,1-4H3. The Labute approximate surface area is 120 Å². The van der Waals surface area contributed by atoms with Gasteiger partial charge in [0.15, 0.2) is 0 Å². The zero-order valence-corrected chi connectivity index (χ0v) is 13.5. The smallest absolute Gasteiger partial charge is 0.0698 e. The molecule has 0 spiro atoms. The molecule has 3 heteroatoms. The number of hydrogen-bond donors (Lipinski definition) is 1. The third kappa shape index (κ3) is 5.41. The van der Waals surface area contributed by atoms with E-state index >= 15 is 0 Å². The van der Waals surface area contributed by atoms with Gasteiger partial charge in [0.25, 0.3) is 0 Å². The Bertz CT molecular complexity index is 219. The molecule has 114 valence electrons. The minimum absolute atomic E-state index is 0.441. The summed E-state index contributed by atoms with van der Waals surface area (Å²) in [7, 11) is 1.86. The first-order valence-electron chi connectivity index (χ1n) is 8.26. The Balaban J connectivity index is 2.60. The maximum atomic E-state index is 5.57. The summed E-state index contributed by atoms with van der Waals surface area (Å²) in [5.41, 5.74) is 0. The molecule has 0 saturated carbocycles. The lowest BCUT2D eigenvalue weighted by Crippen LogP contribution is -2.54. The van der Waals surface area contributed by atoms with Crippen molar-refractivity contribution in [3.05, 3.63) is 0 Å². The summed E-state index contributed by atoms with van der Waals surface area (Å²) in [6, 6.07) is 1.31. The van der Waals surface area contributed by atoms with Crippen LogP contribution in [0.4, 0.5) is 0 Å². The van der Waals surface area contributed by atoms with Gasteiger partial charge in [-0.25, -0.2) is 0 Å². The van der Waals surface area contributed by atoms with Crippen LogP contribution in [0.3, 0.4) is 0 Å². The maximum Gasteiger partial charge on any atom is 0.0698 e. The van der Waals surface area contributed by atoms with Crippen molar-refractivity contribution in [3.63, 3.8) is 0 Å². The minimum atomic E-state index is 0.441. The van der Waals surface area contributed by atoms with E-state index < -0.39 is 0 Å². The van der Waals surface area contributed by atoms with Crippen LogP contribution in [-0.4, -0.2) is 49.8 Å². The van der Waals surface area contributed by atoms with Crippen LogP contribution in [0, 0.1) is 0 Å². The lowest BCUT2D eigenvalue weighted by molar-refractivity contribution is 0.00565. The van der Waals surface area contributed by atoms with Crippen LogP contribution in [0.5, 0.6) is 0 Å². The number of hydrogen-bond acceptors (Lipinski definition) is 3. The van der Waals surface area contributed by atoms with Crippen LogP contribution in [0.2, 0.25) is 0 Å². The SMILES string of the molecule is CCCNC(CCC)C(CC)N1CCCC(OC)C1. The molecule has 0 aromatic rings. The highest BCUT2D eigenvalue weighted by atomic mass is 16.5. The highest BCUT2D eigenvalue weighted by Crippen LogP contribution is 2.20. The van der Waals surface area contributed by atoms with Crippen LogP contribution in [0.25, 0.3) is 0 Å². The predicted octanol–water partition coefficient (Wildman–Crippen LogP) is 3.04. The highest BCUT2D eigenvalue weighted by molar-refractivity contribution is 4.87. The van der Waals surface area contributed by atoms with Crippen LogP contribution < -0.4 is 5.32 Å². The zero-order valence-electron chi connectivity index (χ0n) is 13.5. The number of likely N-dealkylation sites (tertiary alicyclic amines) is 1. The van der Waals surface area contributed by atoms with Gasteiger partial charge < -0.3 is 10.1 Å². The topological polar surface area (TPSA) is 24.5 Å². The summed E-state index contributed by atoms with van der Waals surface area (Å²) < 4.78 is 5.57. The molecule has 0 aliphatic carbocycles. The van der Waals surface area contributed by atoms with Crippen molar-refractivity contribution in [2.45, 2.75) is 77.5 Å². The van der Waals surface area contributed by atoms with E-state index in [4.69, 9.17) is 4.74 Å². The van der Waals surface area contributed by atoms with Gasteiger partial charge in [0.1, 0.15) is 0 Å². The summed E-state index contributed by atoms with van der Waals surface area (Å²) in [4.78, 5) is 2.67. The largest absolute Gasteiger partial charge is 0.380 e. The first kappa shape index (κ1) is 16.9. The molecular formula is C16H34N2O. The van der Waals surface area contributed by atoms with Crippen LogP contribution >= 0.6 is 0 Å². The Morgan fingerprint density at radius 1 is 1.26 bits per heavy atom. The lowest BCUT2D eigenvalue weighted by Gasteiger charge is -2.41. The number of rotatable bonds is 9. The Kier molecular flexibility index (Phi) is 8.67. The Morgan fingerprint density at radius 2 is 2.05 bits per heavy atom. The van der Waals surface area contributed by atoms with Crippen molar-refractivity contribution in [2.75, 3.05) is 26.7 Å². The van der Waals surface area contributed by atoms with Gasteiger partial charge in [0.05, 0.1) is 6.10 Å². The first-order valence-corrected chi connectivity index (χ1v) is 8.26. The fourth-order valence-electron chi connectivity index (χ4n) is 3.33. The number of methoxy groups -OCH3 is 1. The molecule has 1 saturated heterocycles. The Hall–Kier alpha value is -0.120. The second kappa shape index (κ2) is 9.73. The third-order valence-electron chi connectivity index (χ3n) is 4.35. The second-order valence-electron chi connectivity index (χ2n) is 5.82. The molecule has 1 aliphatic rings. The van der Waals surface area contributed by atoms with E-state index in [1.165, 1.54) is 45.1 Å². The van der Waals surface area contributed by atoms with Gasteiger partial charge >= 0.3 is 0 Å². The molecule has 1 heterocycles. The molecule has 1 fully saturated rings. The average Bonchev–Trinajstić information content (AvgIpc) is 2.45. The quantitative estimate of drug-likeness (QED) is 0.697. The number of piperidine rings is 1. The molecule has 0 aromatic carbocycles. The fourth-order valence-corrected chi connectivity index (χ4v) is 3.33. The third-order valence-corrected chi connectivity index (χ3v) is 4.35. The van der Waals surface area contributed by atoms with E-state index in [-0.39, 0.29) is 0 Å². The van der Waals surface area contributed by atoms with Crippen molar-refractivity contribution < 1.29 is 4.74 Å². The van der Waals surface area contributed by atoms with Gasteiger partial charge in [0, 0.05) is 25.7 Å². The molecule has 0 amide bonds.